The lowest BCUT2D eigenvalue weighted by atomic mass is 9.66. The first-order chi connectivity index (χ1) is 12.1. The fourth-order valence-corrected chi connectivity index (χ4v) is 2.96. The van der Waals surface area contributed by atoms with Crippen molar-refractivity contribution < 1.29 is 19.4 Å². The number of carboxylic acids is 1. The molecule has 5 heteroatoms. The van der Waals surface area contributed by atoms with E-state index < -0.39 is 11.4 Å². The summed E-state index contributed by atoms with van der Waals surface area (Å²) >= 11 is 0. The van der Waals surface area contributed by atoms with Gasteiger partial charge in [0, 0.05) is 12.1 Å². The van der Waals surface area contributed by atoms with Crippen LogP contribution in [0.1, 0.15) is 31.2 Å². The van der Waals surface area contributed by atoms with Crippen molar-refractivity contribution in [1.29, 1.82) is 0 Å². The highest BCUT2D eigenvalue weighted by Gasteiger charge is 2.45. The van der Waals surface area contributed by atoms with E-state index >= 15 is 0 Å². The van der Waals surface area contributed by atoms with Crippen LogP contribution in [0, 0.1) is 5.41 Å². The van der Waals surface area contributed by atoms with Crippen LogP contribution in [0.15, 0.2) is 54.6 Å². The Balaban J connectivity index is 1.52. The number of carbonyl (C=O) groups is 2. The summed E-state index contributed by atoms with van der Waals surface area (Å²) < 4.78 is 5.70. The highest BCUT2D eigenvalue weighted by molar-refractivity contribution is 5.94. The maximum absolute atomic E-state index is 12.1. The van der Waals surface area contributed by atoms with E-state index in [-0.39, 0.29) is 12.3 Å². The number of amides is 1. The van der Waals surface area contributed by atoms with E-state index in [0.717, 1.165) is 12.0 Å². The molecule has 1 aliphatic rings. The zero-order valence-electron chi connectivity index (χ0n) is 13.9. The van der Waals surface area contributed by atoms with Crippen molar-refractivity contribution in [3.8, 4) is 5.75 Å². The Morgan fingerprint density at radius 2 is 1.72 bits per heavy atom. The summed E-state index contributed by atoms with van der Waals surface area (Å²) in [4.78, 5) is 23.4. The molecule has 25 heavy (non-hydrogen) atoms. The Hall–Kier alpha value is -2.82. The van der Waals surface area contributed by atoms with E-state index in [1.807, 2.05) is 30.3 Å². The normalized spacial score (nSPS) is 15.0. The average molecular weight is 339 g/mol. The van der Waals surface area contributed by atoms with Crippen LogP contribution in [0.5, 0.6) is 5.75 Å². The summed E-state index contributed by atoms with van der Waals surface area (Å²) in [7, 11) is 0. The predicted molar refractivity (Wildman–Crippen MR) is 94.4 cm³/mol. The van der Waals surface area contributed by atoms with Gasteiger partial charge in [0.25, 0.3) is 0 Å². The van der Waals surface area contributed by atoms with Crippen molar-refractivity contribution in [1.82, 2.24) is 0 Å². The zero-order chi connectivity index (χ0) is 17.7. The van der Waals surface area contributed by atoms with Gasteiger partial charge >= 0.3 is 5.97 Å². The number of ether oxygens (including phenoxy) is 1. The summed E-state index contributed by atoms with van der Waals surface area (Å²) in [5.74, 6) is -0.429. The third-order valence-electron chi connectivity index (χ3n) is 4.65. The van der Waals surface area contributed by atoms with Gasteiger partial charge in [0.1, 0.15) is 12.4 Å². The minimum absolute atomic E-state index is 0.0224. The van der Waals surface area contributed by atoms with Gasteiger partial charge in [-0.3, -0.25) is 9.59 Å². The van der Waals surface area contributed by atoms with Crippen LogP contribution in [0.25, 0.3) is 0 Å². The number of nitrogens with one attached hydrogen (secondary N) is 1. The number of carbonyl (C=O) groups excluding carboxylic acids is 1. The molecule has 2 N–H and O–H groups in total. The largest absolute Gasteiger partial charge is 0.489 e. The first kappa shape index (κ1) is 17.0. The fraction of sp³-hybridized carbons (Fsp3) is 0.300. The lowest BCUT2D eigenvalue weighted by Gasteiger charge is -2.36. The second kappa shape index (κ2) is 7.38. The summed E-state index contributed by atoms with van der Waals surface area (Å²) in [6.07, 6.45) is 2.03. The van der Waals surface area contributed by atoms with E-state index in [0.29, 0.717) is 30.9 Å². The first-order valence-corrected chi connectivity index (χ1v) is 8.37. The molecule has 2 aromatic rings. The molecule has 1 aliphatic carbocycles. The van der Waals surface area contributed by atoms with Gasteiger partial charge in [0.2, 0.25) is 5.91 Å². The molecular formula is C20H21NO4. The van der Waals surface area contributed by atoms with Crippen LogP contribution in [0.4, 0.5) is 5.69 Å². The molecule has 0 aromatic heterocycles. The minimum atomic E-state index is -0.876. The number of hydrogen-bond donors (Lipinski definition) is 2. The molecule has 0 unspecified atom stereocenters. The Morgan fingerprint density at radius 1 is 1.04 bits per heavy atom. The predicted octanol–water partition coefficient (Wildman–Crippen LogP) is 3.85. The molecule has 2 aromatic carbocycles. The molecule has 1 amide bonds. The van der Waals surface area contributed by atoms with Crippen molar-refractivity contribution in [3.05, 3.63) is 60.2 Å². The summed E-state index contributed by atoms with van der Waals surface area (Å²) in [6, 6.07) is 17.0. The van der Waals surface area contributed by atoms with E-state index in [1.54, 1.807) is 24.3 Å². The van der Waals surface area contributed by atoms with Gasteiger partial charge in [0.05, 0.1) is 5.41 Å². The van der Waals surface area contributed by atoms with Crippen molar-refractivity contribution >= 4 is 17.6 Å². The van der Waals surface area contributed by atoms with Gasteiger partial charge in [-0.15, -0.1) is 0 Å². The van der Waals surface area contributed by atoms with Gasteiger partial charge in [-0.1, -0.05) is 36.8 Å². The van der Waals surface area contributed by atoms with Gasteiger partial charge in [0.15, 0.2) is 0 Å². The van der Waals surface area contributed by atoms with Gasteiger partial charge in [-0.2, -0.15) is 0 Å². The second-order valence-corrected chi connectivity index (χ2v) is 6.46. The highest BCUT2D eigenvalue weighted by atomic mass is 16.5. The van der Waals surface area contributed by atoms with Gasteiger partial charge in [-0.25, -0.2) is 0 Å². The van der Waals surface area contributed by atoms with Crippen molar-refractivity contribution in [2.75, 3.05) is 5.32 Å². The van der Waals surface area contributed by atoms with E-state index in [9.17, 15) is 14.7 Å². The second-order valence-electron chi connectivity index (χ2n) is 6.46. The molecule has 1 saturated carbocycles. The molecule has 0 heterocycles. The molecule has 0 spiro atoms. The standard InChI is InChI=1S/C20H21NO4/c22-18(13-20(19(23)24)11-4-12-20)21-16-7-9-17(10-8-16)25-14-15-5-2-1-3-6-15/h1-3,5-10H,4,11-14H2,(H,21,22)(H,23,24). The lowest BCUT2D eigenvalue weighted by Crippen LogP contribution is -2.41. The van der Waals surface area contributed by atoms with Crippen molar-refractivity contribution in [2.45, 2.75) is 32.3 Å². The number of carboxylic acid groups (broad SMARTS) is 1. The Bertz CT molecular complexity index is 736. The summed E-state index contributed by atoms with van der Waals surface area (Å²) in [5.41, 5.74) is 0.847. The van der Waals surface area contributed by atoms with Gasteiger partial charge < -0.3 is 15.2 Å². The Kier molecular flexibility index (Phi) is 5.03. The summed E-state index contributed by atoms with van der Waals surface area (Å²) in [6.45, 7) is 0.480. The molecular weight excluding hydrogens is 318 g/mol. The summed E-state index contributed by atoms with van der Waals surface area (Å²) in [5, 5.41) is 12.1. The SMILES string of the molecule is O=C(CC1(C(=O)O)CCC1)Nc1ccc(OCc2ccccc2)cc1. The topological polar surface area (TPSA) is 75.6 Å². The van der Waals surface area contributed by atoms with E-state index in [2.05, 4.69) is 5.32 Å². The molecule has 5 nitrogen and oxygen atoms in total. The smallest absolute Gasteiger partial charge is 0.310 e. The molecule has 130 valence electrons. The van der Waals surface area contributed by atoms with E-state index in [1.165, 1.54) is 0 Å². The van der Waals surface area contributed by atoms with Crippen molar-refractivity contribution in [2.24, 2.45) is 5.41 Å². The molecule has 1 fully saturated rings. The third-order valence-corrected chi connectivity index (χ3v) is 4.65. The Morgan fingerprint density at radius 3 is 2.28 bits per heavy atom. The van der Waals surface area contributed by atoms with Crippen LogP contribution in [0.2, 0.25) is 0 Å². The number of rotatable bonds is 7. The van der Waals surface area contributed by atoms with E-state index in [4.69, 9.17) is 4.74 Å². The number of aliphatic carboxylic acids is 1. The number of benzene rings is 2. The highest BCUT2D eigenvalue weighted by Crippen LogP contribution is 2.44. The van der Waals surface area contributed by atoms with Crippen molar-refractivity contribution in [3.63, 3.8) is 0 Å². The molecule has 0 aliphatic heterocycles. The van der Waals surface area contributed by atoms with Crippen LogP contribution in [-0.2, 0) is 16.2 Å². The minimum Gasteiger partial charge on any atom is -0.489 e. The van der Waals surface area contributed by atoms with Crippen LogP contribution < -0.4 is 10.1 Å². The first-order valence-electron chi connectivity index (χ1n) is 8.37. The molecule has 0 bridgehead atoms. The van der Waals surface area contributed by atoms with Crippen LogP contribution >= 0.6 is 0 Å². The van der Waals surface area contributed by atoms with Crippen LogP contribution in [0.3, 0.4) is 0 Å². The van der Waals surface area contributed by atoms with Crippen LogP contribution in [-0.4, -0.2) is 17.0 Å². The maximum Gasteiger partial charge on any atom is 0.310 e. The monoisotopic (exact) mass is 339 g/mol. The number of hydrogen-bond acceptors (Lipinski definition) is 3. The quantitative estimate of drug-likeness (QED) is 0.803. The average Bonchev–Trinajstić information content (AvgIpc) is 2.58. The molecule has 0 saturated heterocycles. The maximum atomic E-state index is 12.1. The number of anilines is 1. The third kappa shape index (κ3) is 4.18. The molecule has 0 atom stereocenters. The van der Waals surface area contributed by atoms with Gasteiger partial charge in [-0.05, 0) is 42.7 Å². The fourth-order valence-electron chi connectivity index (χ4n) is 2.96. The zero-order valence-corrected chi connectivity index (χ0v) is 13.9. The lowest BCUT2D eigenvalue weighted by molar-refractivity contribution is -0.157. The molecule has 3 rings (SSSR count). The molecule has 0 radical (unpaired) electrons. The Labute approximate surface area is 146 Å².